The fourth-order valence-corrected chi connectivity index (χ4v) is 5.30. The van der Waals surface area contributed by atoms with Crippen LogP contribution in [-0.4, -0.2) is 22.2 Å². The summed E-state index contributed by atoms with van der Waals surface area (Å²) in [5.74, 6) is 1.56. The average Bonchev–Trinajstić information content (AvgIpc) is 3.03. The number of aromatic hydroxyl groups is 1. The Balaban J connectivity index is 1.25. The van der Waals surface area contributed by atoms with Gasteiger partial charge in [0.2, 0.25) is 0 Å². The SMILES string of the molecule is Cc1n(CCCOC(=O)Cc2cccc(C3CCCCCC3)c2O)cc[n+]1Cc1ccc(Br)cc1. The van der Waals surface area contributed by atoms with Gasteiger partial charge >= 0.3 is 5.97 Å². The molecule has 0 unspecified atom stereocenters. The van der Waals surface area contributed by atoms with Crippen molar-refractivity contribution >= 4 is 21.9 Å². The van der Waals surface area contributed by atoms with Crippen LogP contribution in [0.15, 0.2) is 59.3 Å². The van der Waals surface area contributed by atoms with E-state index >= 15 is 0 Å². The smallest absolute Gasteiger partial charge is 0.310 e. The molecule has 0 spiro atoms. The van der Waals surface area contributed by atoms with Gasteiger partial charge in [0.1, 0.15) is 24.7 Å². The Morgan fingerprint density at radius 1 is 1.11 bits per heavy atom. The zero-order chi connectivity index (χ0) is 24.6. The van der Waals surface area contributed by atoms with E-state index in [1.165, 1.54) is 37.1 Å². The lowest BCUT2D eigenvalue weighted by atomic mass is 9.89. The number of aromatic nitrogens is 2. The van der Waals surface area contributed by atoms with Crippen molar-refractivity contribution in [2.45, 2.75) is 77.3 Å². The maximum absolute atomic E-state index is 12.5. The third-order valence-electron chi connectivity index (χ3n) is 7.11. The highest BCUT2D eigenvalue weighted by Gasteiger charge is 2.20. The number of imidazole rings is 1. The normalized spacial score (nSPS) is 14.6. The number of carbonyl (C=O) groups excluding carboxylic acids is 1. The highest BCUT2D eigenvalue weighted by molar-refractivity contribution is 9.10. The van der Waals surface area contributed by atoms with Gasteiger partial charge in [-0.1, -0.05) is 71.9 Å². The lowest BCUT2D eigenvalue weighted by Gasteiger charge is -2.18. The Kier molecular flexibility index (Phi) is 9.02. The summed E-state index contributed by atoms with van der Waals surface area (Å²) in [5, 5.41) is 10.8. The van der Waals surface area contributed by atoms with Crippen molar-refractivity contribution in [3.05, 3.63) is 81.8 Å². The second kappa shape index (κ2) is 12.4. The van der Waals surface area contributed by atoms with E-state index in [1.807, 2.05) is 18.2 Å². The van der Waals surface area contributed by atoms with Crippen LogP contribution in [0.4, 0.5) is 0 Å². The predicted molar refractivity (Wildman–Crippen MR) is 140 cm³/mol. The van der Waals surface area contributed by atoms with Gasteiger partial charge in [0.25, 0.3) is 5.82 Å². The summed E-state index contributed by atoms with van der Waals surface area (Å²) in [4.78, 5) is 12.5. The van der Waals surface area contributed by atoms with Gasteiger partial charge in [0.05, 0.1) is 19.6 Å². The fraction of sp³-hybridized carbons (Fsp3) is 0.448. The van der Waals surface area contributed by atoms with Crippen molar-refractivity contribution in [2.24, 2.45) is 0 Å². The maximum atomic E-state index is 12.5. The summed E-state index contributed by atoms with van der Waals surface area (Å²) in [7, 11) is 0. The summed E-state index contributed by atoms with van der Waals surface area (Å²) in [6, 6.07) is 14.2. The van der Waals surface area contributed by atoms with Gasteiger partial charge in [-0.15, -0.1) is 0 Å². The monoisotopic (exact) mass is 539 g/mol. The minimum Gasteiger partial charge on any atom is -0.507 e. The Morgan fingerprint density at radius 3 is 2.60 bits per heavy atom. The van der Waals surface area contributed by atoms with E-state index in [0.29, 0.717) is 18.1 Å². The molecule has 0 saturated heterocycles. The van der Waals surface area contributed by atoms with E-state index < -0.39 is 0 Å². The van der Waals surface area contributed by atoms with E-state index in [9.17, 15) is 9.90 Å². The first-order valence-corrected chi connectivity index (χ1v) is 13.6. The summed E-state index contributed by atoms with van der Waals surface area (Å²) in [6.07, 6.45) is 12.2. The molecule has 1 aliphatic rings. The maximum Gasteiger partial charge on any atom is 0.310 e. The number of halogens is 1. The molecule has 0 amide bonds. The number of esters is 1. The van der Waals surface area contributed by atoms with Crippen LogP contribution in [0.25, 0.3) is 0 Å². The second-order valence-corrected chi connectivity index (χ2v) is 10.5. The van der Waals surface area contributed by atoms with Crippen LogP contribution in [0.2, 0.25) is 0 Å². The number of hydrogen-bond acceptors (Lipinski definition) is 3. The molecule has 186 valence electrons. The molecule has 0 aliphatic heterocycles. The molecule has 0 bridgehead atoms. The van der Waals surface area contributed by atoms with Gasteiger partial charge in [-0.05, 0) is 42.0 Å². The average molecular weight is 541 g/mol. The van der Waals surface area contributed by atoms with Crippen LogP contribution in [0.5, 0.6) is 5.75 Å². The zero-order valence-electron chi connectivity index (χ0n) is 20.6. The Hall–Kier alpha value is -2.60. The van der Waals surface area contributed by atoms with Crippen LogP contribution in [0.1, 0.15) is 73.4 Å². The second-order valence-electron chi connectivity index (χ2n) is 9.59. The van der Waals surface area contributed by atoms with Crippen LogP contribution < -0.4 is 4.57 Å². The number of aryl methyl sites for hydroxylation is 1. The summed E-state index contributed by atoms with van der Waals surface area (Å²) in [6.45, 7) is 4.08. The van der Waals surface area contributed by atoms with Crippen LogP contribution in [-0.2, 0) is 29.0 Å². The number of phenols is 1. The number of benzene rings is 2. The zero-order valence-corrected chi connectivity index (χ0v) is 22.2. The highest BCUT2D eigenvalue weighted by Crippen LogP contribution is 2.37. The van der Waals surface area contributed by atoms with Crippen molar-refractivity contribution in [1.29, 1.82) is 0 Å². The van der Waals surface area contributed by atoms with Gasteiger partial charge in [-0.3, -0.25) is 4.79 Å². The first-order chi connectivity index (χ1) is 17.0. The molecule has 2 aromatic carbocycles. The molecule has 3 aromatic rings. The Bertz CT molecular complexity index is 1120. The van der Waals surface area contributed by atoms with Crippen molar-refractivity contribution < 1.29 is 19.2 Å². The third-order valence-corrected chi connectivity index (χ3v) is 7.64. The molecule has 1 aliphatic carbocycles. The first kappa shape index (κ1) is 25.5. The molecule has 1 saturated carbocycles. The Morgan fingerprint density at radius 2 is 1.86 bits per heavy atom. The summed E-state index contributed by atoms with van der Waals surface area (Å²) in [5.41, 5.74) is 2.92. The Labute approximate surface area is 216 Å². The molecule has 35 heavy (non-hydrogen) atoms. The van der Waals surface area contributed by atoms with Gasteiger partial charge in [-0.25, -0.2) is 9.13 Å². The molecule has 6 heteroatoms. The minimum absolute atomic E-state index is 0.113. The third kappa shape index (κ3) is 6.97. The van der Waals surface area contributed by atoms with Crippen LogP contribution in [0, 0.1) is 6.92 Å². The summed E-state index contributed by atoms with van der Waals surface area (Å²) >= 11 is 3.48. The van der Waals surface area contributed by atoms with E-state index in [1.54, 1.807) is 0 Å². The molecule has 4 rings (SSSR count). The van der Waals surface area contributed by atoms with E-state index in [-0.39, 0.29) is 18.1 Å². The largest absolute Gasteiger partial charge is 0.507 e. The molecule has 0 radical (unpaired) electrons. The molecule has 1 fully saturated rings. The van der Waals surface area contributed by atoms with Gasteiger partial charge in [-0.2, -0.15) is 0 Å². The number of para-hydroxylation sites is 1. The topological polar surface area (TPSA) is 55.3 Å². The van der Waals surface area contributed by atoms with Crippen LogP contribution >= 0.6 is 15.9 Å². The number of carbonyl (C=O) groups is 1. The fourth-order valence-electron chi connectivity index (χ4n) is 5.03. The molecular formula is C29H36BrN2O3+. The van der Waals surface area contributed by atoms with Crippen molar-refractivity contribution in [3.8, 4) is 5.75 Å². The predicted octanol–water partition coefficient (Wildman–Crippen LogP) is 6.21. The van der Waals surface area contributed by atoms with Gasteiger partial charge < -0.3 is 9.84 Å². The van der Waals surface area contributed by atoms with Crippen LogP contribution in [0.3, 0.4) is 0 Å². The minimum atomic E-state index is -0.284. The van der Waals surface area contributed by atoms with Crippen molar-refractivity contribution in [1.82, 2.24) is 4.57 Å². The first-order valence-electron chi connectivity index (χ1n) is 12.8. The molecule has 0 atom stereocenters. The van der Waals surface area contributed by atoms with Gasteiger partial charge in [0, 0.05) is 23.4 Å². The molecule has 5 nitrogen and oxygen atoms in total. The number of nitrogens with zero attached hydrogens (tertiary/aromatic N) is 2. The van der Waals surface area contributed by atoms with E-state index in [2.05, 4.69) is 68.6 Å². The molecular weight excluding hydrogens is 504 g/mol. The number of ether oxygens (including phenoxy) is 1. The summed E-state index contributed by atoms with van der Waals surface area (Å²) < 4.78 is 11.0. The molecule has 1 N–H and O–H groups in total. The van der Waals surface area contributed by atoms with E-state index in [4.69, 9.17) is 4.74 Å². The highest BCUT2D eigenvalue weighted by atomic mass is 79.9. The number of hydrogen-bond donors (Lipinski definition) is 1. The van der Waals surface area contributed by atoms with E-state index in [0.717, 1.165) is 42.4 Å². The van der Waals surface area contributed by atoms with Crippen molar-refractivity contribution in [3.63, 3.8) is 0 Å². The number of phenolic OH excluding ortho intramolecular Hbond substituents is 1. The lowest BCUT2D eigenvalue weighted by Crippen LogP contribution is -2.36. The molecule has 1 aromatic heterocycles. The number of rotatable bonds is 9. The standard InChI is InChI=1S/C29H35BrN2O3/c1-22-31(17-18-32(22)21-23-12-14-26(30)15-13-23)16-7-19-35-28(33)20-25-10-6-11-27(29(25)34)24-8-4-2-3-5-9-24/h6,10-15,17-18,24H,2-5,7-9,16,19-21H2,1H3/p+1. The molecule has 1 heterocycles. The van der Waals surface area contributed by atoms with Gasteiger partial charge in [0.15, 0.2) is 0 Å². The lowest BCUT2D eigenvalue weighted by molar-refractivity contribution is -0.694. The quantitative estimate of drug-likeness (QED) is 0.152. The van der Waals surface area contributed by atoms with Crippen molar-refractivity contribution in [2.75, 3.05) is 6.61 Å².